The number of amides is 1. The van der Waals surface area contributed by atoms with Crippen molar-refractivity contribution in [3.63, 3.8) is 0 Å². The summed E-state index contributed by atoms with van der Waals surface area (Å²) in [7, 11) is 0. The van der Waals surface area contributed by atoms with Gasteiger partial charge in [0.05, 0.1) is 5.56 Å². The number of carbonyl (C=O) groups excluding carboxylic acids is 1. The van der Waals surface area contributed by atoms with E-state index in [2.05, 4.69) is 5.32 Å². The summed E-state index contributed by atoms with van der Waals surface area (Å²) < 4.78 is 13.3. The minimum atomic E-state index is -1.89. The molecule has 0 spiro atoms. The number of rotatable bonds is 4. The highest BCUT2D eigenvalue weighted by molar-refractivity contribution is 5.97. The molecule has 0 saturated heterocycles. The van der Waals surface area contributed by atoms with Crippen molar-refractivity contribution in [1.29, 1.82) is 0 Å². The molecular weight excluding hydrogens is 227 g/mol. The fourth-order valence-corrected chi connectivity index (χ4v) is 1.21. The van der Waals surface area contributed by atoms with Crippen LogP contribution in [0.15, 0.2) is 24.3 Å². The van der Waals surface area contributed by atoms with E-state index >= 15 is 0 Å². The van der Waals surface area contributed by atoms with Gasteiger partial charge in [0.1, 0.15) is 5.82 Å². The van der Waals surface area contributed by atoms with Crippen molar-refractivity contribution in [2.45, 2.75) is 19.0 Å². The molecule has 1 rings (SSSR count). The first kappa shape index (κ1) is 13.1. The molecule has 0 radical (unpaired) electrons. The number of carbonyl (C=O) groups is 2. The Morgan fingerprint density at radius 1 is 1.47 bits per heavy atom. The Hall–Kier alpha value is -1.95. The van der Waals surface area contributed by atoms with E-state index in [1.165, 1.54) is 25.1 Å². The number of nitrogens with one attached hydrogen (secondary N) is 1. The Morgan fingerprint density at radius 2 is 2.06 bits per heavy atom. The van der Waals surface area contributed by atoms with Gasteiger partial charge < -0.3 is 10.4 Å². The molecule has 6 heteroatoms. The van der Waals surface area contributed by atoms with Gasteiger partial charge in [-0.2, -0.15) is 0 Å². The van der Waals surface area contributed by atoms with Crippen LogP contribution in [0.2, 0.25) is 0 Å². The molecule has 92 valence electrons. The lowest BCUT2D eigenvalue weighted by atomic mass is 10.1. The molecule has 0 saturated carbocycles. The number of carboxylic acid groups (broad SMARTS) is 1. The highest BCUT2D eigenvalue weighted by atomic mass is 19.1. The molecule has 1 aromatic carbocycles. The van der Waals surface area contributed by atoms with Gasteiger partial charge in [-0.25, -0.2) is 9.18 Å². The van der Waals surface area contributed by atoms with E-state index in [1.807, 2.05) is 0 Å². The Bertz CT molecular complexity index is 450. The van der Waals surface area contributed by atoms with Gasteiger partial charge in [-0.1, -0.05) is 19.1 Å². The monoisotopic (exact) mass is 240 g/mol. The van der Waals surface area contributed by atoms with Gasteiger partial charge in [0.2, 0.25) is 0 Å². The molecule has 0 aromatic heterocycles. The van der Waals surface area contributed by atoms with Crippen LogP contribution in [-0.2, 0) is 4.79 Å². The zero-order chi connectivity index (χ0) is 13.1. The highest BCUT2D eigenvalue weighted by Gasteiger charge is 2.34. The molecule has 0 bridgehead atoms. The average Bonchev–Trinajstić information content (AvgIpc) is 2.29. The van der Waals surface area contributed by atoms with Crippen molar-refractivity contribution < 1.29 is 19.1 Å². The predicted octanol–water partition coefficient (Wildman–Crippen LogP) is 0.705. The summed E-state index contributed by atoms with van der Waals surface area (Å²) in [5, 5.41) is 11.0. The van der Waals surface area contributed by atoms with Crippen LogP contribution in [0.4, 0.5) is 4.39 Å². The quantitative estimate of drug-likeness (QED) is 0.675. The summed E-state index contributed by atoms with van der Waals surface area (Å²) in [5.74, 6) is -2.95. The smallest absolute Gasteiger partial charge is 0.344 e. The first-order chi connectivity index (χ1) is 7.90. The van der Waals surface area contributed by atoms with Crippen molar-refractivity contribution in [3.05, 3.63) is 35.6 Å². The van der Waals surface area contributed by atoms with E-state index in [0.717, 1.165) is 6.07 Å². The molecule has 0 aliphatic rings. The molecule has 1 unspecified atom stereocenters. The van der Waals surface area contributed by atoms with E-state index < -0.39 is 23.4 Å². The van der Waals surface area contributed by atoms with Crippen molar-refractivity contribution in [2.75, 3.05) is 0 Å². The van der Waals surface area contributed by atoms with Gasteiger partial charge in [0.25, 0.3) is 5.91 Å². The van der Waals surface area contributed by atoms with Crippen molar-refractivity contribution in [3.8, 4) is 0 Å². The predicted molar refractivity (Wildman–Crippen MR) is 58.7 cm³/mol. The van der Waals surface area contributed by atoms with Crippen LogP contribution in [-0.4, -0.2) is 22.6 Å². The van der Waals surface area contributed by atoms with Crippen molar-refractivity contribution >= 4 is 11.9 Å². The second-order valence-corrected chi connectivity index (χ2v) is 3.56. The molecule has 1 aromatic rings. The first-order valence-electron chi connectivity index (χ1n) is 5.00. The fraction of sp³-hybridized carbons (Fsp3) is 0.273. The van der Waals surface area contributed by atoms with Gasteiger partial charge in [-0.3, -0.25) is 10.5 Å². The van der Waals surface area contributed by atoms with Crippen LogP contribution >= 0.6 is 0 Å². The lowest BCUT2D eigenvalue weighted by Gasteiger charge is -2.24. The Morgan fingerprint density at radius 3 is 2.53 bits per heavy atom. The van der Waals surface area contributed by atoms with Crippen LogP contribution in [0.1, 0.15) is 23.7 Å². The van der Waals surface area contributed by atoms with Crippen LogP contribution < -0.4 is 11.1 Å². The normalized spacial score (nSPS) is 13.8. The molecule has 17 heavy (non-hydrogen) atoms. The van der Waals surface area contributed by atoms with Crippen molar-refractivity contribution in [1.82, 2.24) is 5.32 Å². The van der Waals surface area contributed by atoms with Crippen LogP contribution in [0.5, 0.6) is 0 Å². The number of hydrogen-bond acceptors (Lipinski definition) is 3. The minimum absolute atomic E-state index is 0.0114. The maximum absolute atomic E-state index is 13.3. The molecule has 0 fully saturated rings. The standard InChI is InChI=1S/C11H13FN2O3/c1-2-11(13,10(16)17)14-9(15)7-5-3-4-6-8(7)12/h3-6H,2,13H2,1H3,(H,14,15)(H,16,17). The zero-order valence-electron chi connectivity index (χ0n) is 9.24. The third-order valence-corrected chi connectivity index (χ3v) is 2.39. The summed E-state index contributed by atoms with van der Waals surface area (Å²) >= 11 is 0. The molecule has 1 amide bonds. The van der Waals surface area contributed by atoms with E-state index in [0.29, 0.717) is 0 Å². The third-order valence-electron chi connectivity index (χ3n) is 2.39. The Balaban J connectivity index is 2.93. The van der Waals surface area contributed by atoms with Gasteiger partial charge in [-0.05, 0) is 18.6 Å². The summed E-state index contributed by atoms with van der Waals surface area (Å²) in [6, 6.07) is 5.27. The number of benzene rings is 1. The average molecular weight is 240 g/mol. The van der Waals surface area contributed by atoms with Gasteiger partial charge >= 0.3 is 5.97 Å². The number of halogens is 1. The second kappa shape index (κ2) is 4.92. The highest BCUT2D eigenvalue weighted by Crippen LogP contribution is 2.09. The number of aliphatic carboxylic acids is 1. The van der Waals surface area contributed by atoms with E-state index in [9.17, 15) is 14.0 Å². The van der Waals surface area contributed by atoms with E-state index in [-0.39, 0.29) is 12.0 Å². The van der Waals surface area contributed by atoms with Crippen LogP contribution in [0, 0.1) is 5.82 Å². The molecule has 4 N–H and O–H groups in total. The number of carboxylic acids is 1. The van der Waals surface area contributed by atoms with Gasteiger partial charge in [-0.15, -0.1) is 0 Å². The maximum Gasteiger partial charge on any atom is 0.344 e. The fourth-order valence-electron chi connectivity index (χ4n) is 1.21. The van der Waals surface area contributed by atoms with E-state index in [4.69, 9.17) is 10.8 Å². The zero-order valence-corrected chi connectivity index (χ0v) is 9.24. The number of nitrogens with two attached hydrogens (primary N) is 1. The van der Waals surface area contributed by atoms with Gasteiger partial charge in [0, 0.05) is 0 Å². The molecule has 0 aliphatic carbocycles. The molecular formula is C11H13FN2O3. The lowest BCUT2D eigenvalue weighted by molar-refractivity contribution is -0.144. The Kier molecular flexibility index (Phi) is 3.80. The van der Waals surface area contributed by atoms with Crippen LogP contribution in [0.3, 0.4) is 0 Å². The maximum atomic E-state index is 13.3. The largest absolute Gasteiger partial charge is 0.478 e. The summed E-state index contributed by atoms with van der Waals surface area (Å²) in [6.07, 6.45) is -0.0114. The first-order valence-corrected chi connectivity index (χ1v) is 5.00. The minimum Gasteiger partial charge on any atom is -0.478 e. The summed E-state index contributed by atoms with van der Waals surface area (Å²) in [5.41, 5.74) is 3.35. The van der Waals surface area contributed by atoms with E-state index in [1.54, 1.807) is 0 Å². The van der Waals surface area contributed by atoms with Gasteiger partial charge in [0.15, 0.2) is 5.66 Å². The summed E-state index contributed by atoms with van der Waals surface area (Å²) in [6.45, 7) is 1.51. The molecule has 5 nitrogen and oxygen atoms in total. The second-order valence-electron chi connectivity index (χ2n) is 3.56. The summed E-state index contributed by atoms with van der Waals surface area (Å²) in [4.78, 5) is 22.5. The molecule has 0 heterocycles. The topological polar surface area (TPSA) is 92.4 Å². The number of hydrogen-bond donors (Lipinski definition) is 3. The SMILES string of the molecule is CCC(N)(NC(=O)c1ccccc1F)C(=O)O. The Labute approximate surface area is 97.4 Å². The third kappa shape index (κ3) is 2.79. The lowest BCUT2D eigenvalue weighted by Crippen LogP contribution is -2.61. The molecule has 0 aliphatic heterocycles. The molecule has 1 atom stereocenters. The van der Waals surface area contributed by atoms with Crippen molar-refractivity contribution in [2.24, 2.45) is 5.73 Å². The van der Waals surface area contributed by atoms with Crippen LogP contribution in [0.25, 0.3) is 0 Å².